The fraction of sp³-hybridized carbons (Fsp3) is 1.00. The molecule has 0 saturated heterocycles. The molecule has 20 heteroatoms. The van der Waals surface area contributed by atoms with Crippen molar-refractivity contribution in [3.05, 3.63) is 42.5 Å². The maximum absolute atomic E-state index is 7.61. The molecule has 0 bridgehead atoms. The van der Waals surface area contributed by atoms with Crippen LogP contribution in [0.25, 0.3) is 42.5 Å². The van der Waals surface area contributed by atoms with E-state index in [0.29, 0.717) is 0 Å². The van der Waals surface area contributed by atoms with Gasteiger partial charge in [-0.2, -0.15) is 56.4 Å². The van der Waals surface area contributed by atoms with E-state index < -0.39 is 12.6 Å². The van der Waals surface area contributed by atoms with E-state index in [9.17, 15) is 0 Å². The van der Waals surface area contributed by atoms with Crippen molar-refractivity contribution in [2.45, 2.75) is 233 Å². The summed E-state index contributed by atoms with van der Waals surface area (Å²) >= 11 is 0. The van der Waals surface area contributed by atoms with E-state index in [0.717, 1.165) is 79.8 Å². The van der Waals surface area contributed by atoms with Gasteiger partial charge in [0, 0.05) is 28.4 Å². The van der Waals surface area contributed by atoms with Crippen LogP contribution < -0.4 is 0 Å². The van der Waals surface area contributed by atoms with Crippen LogP contribution in [-0.2, 0) is 66.0 Å². The van der Waals surface area contributed by atoms with Gasteiger partial charge < -0.3 is 83.4 Å². The minimum atomic E-state index is -1.17. The Morgan fingerprint density at radius 3 is 0.309 bits per heavy atom. The van der Waals surface area contributed by atoms with E-state index in [-0.39, 0.29) is 110 Å². The van der Waals surface area contributed by atoms with Gasteiger partial charge in [-0.15, -0.1) is 44.3 Å². The number of aliphatic hydroxyl groups is 8. The Balaban J connectivity index is -0.0000000423. The second-order valence-corrected chi connectivity index (χ2v) is 19.6. The summed E-state index contributed by atoms with van der Waals surface area (Å²) in [5.74, 6) is 0. The summed E-state index contributed by atoms with van der Waals surface area (Å²) in [5.41, 5.74) is 0.904. The van der Waals surface area contributed by atoms with Crippen LogP contribution >= 0.6 is 0 Å². The first-order valence-corrected chi connectivity index (χ1v) is 22.2. The fourth-order valence-corrected chi connectivity index (χ4v) is 3.34. The number of nitrogens with zero attached hydrogens (tertiary/aromatic N) is 8. The summed E-state index contributed by atoms with van der Waals surface area (Å²) in [5, 5.41) is 93.0. The van der Waals surface area contributed by atoms with Gasteiger partial charge in [-0.3, -0.25) is 0 Å². The molecule has 0 aromatic carbocycles. The largest absolute Gasteiger partial charge is 2.00 e. The summed E-state index contributed by atoms with van der Waals surface area (Å²) in [6, 6.07) is 0. The summed E-state index contributed by atoms with van der Waals surface area (Å²) < 4.78 is 0. The van der Waals surface area contributed by atoms with Crippen LogP contribution in [0.1, 0.15) is 176 Å². The molecule has 0 aliphatic carbocycles. The van der Waals surface area contributed by atoms with Crippen LogP contribution in [0.5, 0.6) is 0 Å². The molecule has 16 nitrogen and oxygen atoms in total. The zero-order chi connectivity index (χ0) is 54.5. The van der Waals surface area contributed by atoms with Gasteiger partial charge in [0.25, 0.3) is 0 Å². The van der Waals surface area contributed by atoms with Crippen LogP contribution in [-0.4, -0.2) is 183 Å². The molecule has 0 aliphatic rings. The Bertz CT molecular complexity index is 708. The molecular weight excluding hydrogens is 1050 g/mol. The van der Waals surface area contributed by atoms with Crippen molar-refractivity contribution < 1.29 is 107 Å². The first-order valence-electron chi connectivity index (χ1n) is 22.2. The molecule has 0 unspecified atom stereocenters. The molecule has 0 saturated carbocycles. The fourth-order valence-electron chi connectivity index (χ4n) is 3.34. The van der Waals surface area contributed by atoms with Crippen molar-refractivity contribution in [2.24, 2.45) is 0 Å². The number of rotatable bonds is 20. The van der Waals surface area contributed by atoms with Gasteiger partial charge in [0.2, 0.25) is 0 Å². The van der Waals surface area contributed by atoms with Crippen molar-refractivity contribution in [3.8, 4) is 0 Å². The molecule has 0 spiro atoms. The van der Waals surface area contributed by atoms with Crippen LogP contribution in [0.4, 0.5) is 0 Å². The van der Waals surface area contributed by atoms with Crippen molar-refractivity contribution in [2.75, 3.05) is 84.8 Å². The summed E-state index contributed by atoms with van der Waals surface area (Å²) in [6.07, 6.45) is 6.51. The molecule has 0 amide bonds. The van der Waals surface area contributed by atoms with E-state index >= 15 is 0 Å². The topological polar surface area (TPSA) is 275 Å². The van der Waals surface area contributed by atoms with Crippen LogP contribution in [0.2, 0.25) is 0 Å². The van der Waals surface area contributed by atoms with Gasteiger partial charge in [-0.05, 0) is 13.8 Å². The molecule has 8 N–H and O–H groups in total. The Labute approximate surface area is 464 Å². The van der Waals surface area contributed by atoms with Gasteiger partial charge in [0.15, 0.2) is 0 Å². The maximum atomic E-state index is 7.61. The molecular formula is C48H116N8Ni4O8. The summed E-state index contributed by atoms with van der Waals surface area (Å²) in [6.45, 7) is 37.2. The van der Waals surface area contributed by atoms with Crippen molar-refractivity contribution in [1.82, 2.24) is 0 Å². The minimum absolute atomic E-state index is 0. The standard InChI is InChI=1S/4C10H22N2.2C2H6O2.4CH4O.4Ni/c4*1-9(2,11-5)7-8-10(3,4)12-6;2*1-2(3)4;4*1-2;;;;/h4*7-8H2,1-6H3;2*2-4H,1H3;4*2H,1H3;;;;/q4*-2;;;;;;;4*+2. The molecule has 0 rings (SSSR count). The predicted octanol–water partition coefficient (Wildman–Crippen LogP) is 10.4. The molecule has 0 aromatic rings. The van der Waals surface area contributed by atoms with Gasteiger partial charge in [0.1, 0.15) is 12.6 Å². The average molecular weight is 1170 g/mol. The predicted molar refractivity (Wildman–Crippen MR) is 284 cm³/mol. The Morgan fingerprint density at radius 2 is 0.279 bits per heavy atom. The summed E-state index contributed by atoms with van der Waals surface area (Å²) in [4.78, 5) is 0. The van der Waals surface area contributed by atoms with Crippen molar-refractivity contribution in [3.63, 3.8) is 0 Å². The third-order valence-electron chi connectivity index (χ3n) is 10.2. The Kier molecular flexibility index (Phi) is 94.7. The third kappa shape index (κ3) is 104. The average Bonchev–Trinajstić information content (AvgIpc) is 3.24. The van der Waals surface area contributed by atoms with Gasteiger partial charge in [0.05, 0.1) is 0 Å². The van der Waals surface area contributed by atoms with Crippen molar-refractivity contribution in [1.29, 1.82) is 0 Å². The van der Waals surface area contributed by atoms with E-state index in [2.05, 4.69) is 153 Å². The smallest absolute Gasteiger partial charge is 0.660 e. The normalized spacial score (nSPS) is 10.9. The molecule has 436 valence electrons. The first-order chi connectivity index (χ1) is 28.8. The first kappa shape index (κ1) is 106. The molecule has 0 heterocycles. The number of hydrogen-bond acceptors (Lipinski definition) is 8. The zero-order valence-corrected chi connectivity index (χ0v) is 53.2. The van der Waals surface area contributed by atoms with Gasteiger partial charge in [-0.25, -0.2) is 0 Å². The van der Waals surface area contributed by atoms with Crippen LogP contribution in [0.15, 0.2) is 0 Å². The van der Waals surface area contributed by atoms with Crippen LogP contribution in [0.3, 0.4) is 0 Å². The molecule has 0 atom stereocenters. The molecule has 0 aromatic heterocycles. The minimum Gasteiger partial charge on any atom is -0.660 e. The maximum Gasteiger partial charge on any atom is 2.00 e. The second kappa shape index (κ2) is 60.9. The number of hydrogen-bond donors (Lipinski definition) is 8. The monoisotopic (exact) mass is 1160 g/mol. The van der Waals surface area contributed by atoms with E-state index in [1.165, 1.54) is 13.8 Å². The Morgan fingerprint density at radius 1 is 0.235 bits per heavy atom. The Hall–Kier alpha value is 1.33. The molecule has 0 aliphatic heterocycles. The quantitative estimate of drug-likeness (QED) is 0.0428. The van der Waals surface area contributed by atoms with Gasteiger partial charge >= 0.3 is 66.0 Å². The van der Waals surface area contributed by atoms with E-state index in [1.54, 1.807) is 0 Å². The second-order valence-electron chi connectivity index (χ2n) is 19.6. The SMILES string of the molecule is CC(O)O.CC(O)O.CO.CO.CO.CO.C[N-]C(C)(C)CCC(C)(C)[N-]C.C[N-]C(C)(C)CCC(C)(C)[N-]C.C[N-]C(C)(C)CCC(C)(C)[N-]C.C[N-]C(C)(C)CCC(C)(C)[N-]C.[Ni+2].[Ni+2].[Ni+2].[Ni+2]. The molecule has 0 fully saturated rings. The third-order valence-corrected chi connectivity index (χ3v) is 10.2. The van der Waals surface area contributed by atoms with Crippen LogP contribution in [0, 0.1) is 0 Å². The molecule has 68 heavy (non-hydrogen) atoms. The summed E-state index contributed by atoms with van der Waals surface area (Å²) in [7, 11) is 19.1. The zero-order valence-electron chi connectivity index (χ0n) is 49.2. The molecule has 0 radical (unpaired) electrons. The number of aliphatic hydroxyl groups excluding tert-OH is 6. The van der Waals surface area contributed by atoms with E-state index in [4.69, 9.17) is 40.9 Å². The van der Waals surface area contributed by atoms with E-state index in [1.807, 2.05) is 56.4 Å². The van der Waals surface area contributed by atoms with Crippen molar-refractivity contribution >= 4 is 0 Å². The van der Waals surface area contributed by atoms with Gasteiger partial charge in [-0.1, -0.05) is 162 Å².